The first-order valence-electron chi connectivity index (χ1n) is 11.1. The highest BCUT2D eigenvalue weighted by Crippen LogP contribution is 2.13. The average Bonchev–Trinajstić information content (AvgIpc) is 2.57. The monoisotopic (exact) mass is 407 g/mol. The molecule has 0 heterocycles. The zero-order valence-corrected chi connectivity index (χ0v) is 18.8. The smallest absolute Gasteiger partial charge is 0.0948 e. The van der Waals surface area contributed by atoms with Crippen molar-refractivity contribution >= 4 is 10.1 Å². The summed E-state index contributed by atoms with van der Waals surface area (Å²) in [5, 5.41) is 8.72. The first-order chi connectivity index (χ1) is 12.8. The Kier molecular flexibility index (Phi) is 16.6. The van der Waals surface area contributed by atoms with E-state index in [9.17, 15) is 13.0 Å². The Bertz CT molecular complexity index is 424. The number of rotatable bonds is 20. The van der Waals surface area contributed by atoms with Gasteiger partial charge in [-0.25, -0.2) is 8.42 Å². The summed E-state index contributed by atoms with van der Waals surface area (Å²) < 4.78 is 32.8. The molecule has 0 saturated carbocycles. The van der Waals surface area contributed by atoms with Crippen LogP contribution in [0, 0.1) is 0 Å². The van der Waals surface area contributed by atoms with Crippen LogP contribution >= 0.6 is 0 Å². The number of hydrogen-bond acceptors (Lipinski definition) is 4. The van der Waals surface area contributed by atoms with Gasteiger partial charge >= 0.3 is 0 Å². The lowest BCUT2D eigenvalue weighted by molar-refractivity contribution is -0.890. The van der Waals surface area contributed by atoms with E-state index in [1.807, 2.05) is 0 Å². The van der Waals surface area contributed by atoms with Crippen LogP contribution in [0.25, 0.3) is 0 Å². The lowest BCUT2D eigenvalue weighted by Crippen LogP contribution is -2.41. The Morgan fingerprint density at radius 3 is 1.33 bits per heavy atom. The van der Waals surface area contributed by atoms with Crippen LogP contribution in [0.5, 0.6) is 0 Å². The largest absolute Gasteiger partial charge is 0.748 e. The standard InChI is InChI=1S/C21H45NO4S/c1-22(2,19-17-21-27(24,25)26)18-15-13-11-9-7-5-3-4-6-8-10-12-14-16-20-23/h23H,3-21H2,1-2H3. The highest BCUT2D eigenvalue weighted by molar-refractivity contribution is 7.85. The minimum absolute atomic E-state index is 0.238. The molecule has 0 fully saturated rings. The number of aliphatic hydroxyl groups is 1. The summed E-state index contributed by atoms with van der Waals surface area (Å²) in [6, 6.07) is 0. The number of quaternary nitrogens is 1. The van der Waals surface area contributed by atoms with Crippen LogP contribution in [0.3, 0.4) is 0 Å². The maximum atomic E-state index is 10.7. The Morgan fingerprint density at radius 2 is 0.963 bits per heavy atom. The van der Waals surface area contributed by atoms with E-state index in [-0.39, 0.29) is 5.75 Å². The number of hydrogen-bond donors (Lipinski definition) is 1. The molecule has 0 unspecified atom stereocenters. The van der Waals surface area contributed by atoms with Crippen LogP contribution < -0.4 is 0 Å². The van der Waals surface area contributed by atoms with Gasteiger partial charge in [0.15, 0.2) is 0 Å². The molecule has 0 aromatic rings. The van der Waals surface area contributed by atoms with Gasteiger partial charge in [0, 0.05) is 18.8 Å². The van der Waals surface area contributed by atoms with Crippen LogP contribution in [0.2, 0.25) is 0 Å². The van der Waals surface area contributed by atoms with Gasteiger partial charge < -0.3 is 14.1 Å². The SMILES string of the molecule is C[N+](C)(CCCCCCCCCCCCCCCCO)CCCS(=O)(=O)[O-]. The third-order valence-corrected chi connectivity index (χ3v) is 6.12. The Labute approximate surface area is 168 Å². The molecule has 0 aliphatic rings. The van der Waals surface area contributed by atoms with Gasteiger partial charge in [-0.1, -0.05) is 70.6 Å². The molecule has 0 aromatic heterocycles. The summed E-state index contributed by atoms with van der Waals surface area (Å²) >= 11 is 0. The van der Waals surface area contributed by atoms with Gasteiger partial charge in [-0.15, -0.1) is 0 Å². The molecular weight excluding hydrogens is 362 g/mol. The molecule has 27 heavy (non-hydrogen) atoms. The zero-order chi connectivity index (χ0) is 20.4. The Balaban J connectivity index is 3.32. The van der Waals surface area contributed by atoms with Crippen molar-refractivity contribution in [3.63, 3.8) is 0 Å². The summed E-state index contributed by atoms with van der Waals surface area (Å²) in [6.07, 6.45) is 18.4. The van der Waals surface area contributed by atoms with E-state index in [0.717, 1.165) is 24.0 Å². The van der Waals surface area contributed by atoms with Crippen LogP contribution in [-0.2, 0) is 10.1 Å². The van der Waals surface area contributed by atoms with Crippen molar-refractivity contribution < 1.29 is 22.6 Å². The predicted octanol–water partition coefficient (Wildman–Crippen LogP) is 4.45. The number of nitrogens with zero attached hydrogens (tertiary/aromatic N) is 1. The molecule has 164 valence electrons. The molecule has 0 rings (SSSR count). The van der Waals surface area contributed by atoms with Crippen molar-refractivity contribution in [2.24, 2.45) is 0 Å². The van der Waals surface area contributed by atoms with Crippen molar-refractivity contribution in [1.82, 2.24) is 0 Å². The molecule has 0 aliphatic carbocycles. The molecule has 0 amide bonds. The van der Waals surface area contributed by atoms with E-state index in [1.54, 1.807) is 0 Å². The van der Waals surface area contributed by atoms with Gasteiger partial charge in [-0.3, -0.25) is 0 Å². The van der Waals surface area contributed by atoms with Crippen LogP contribution in [-0.4, -0.2) is 62.1 Å². The van der Waals surface area contributed by atoms with Crippen LogP contribution in [0.1, 0.15) is 96.3 Å². The number of aliphatic hydroxyl groups excluding tert-OH is 1. The topological polar surface area (TPSA) is 77.4 Å². The minimum atomic E-state index is -4.07. The van der Waals surface area contributed by atoms with Crippen molar-refractivity contribution in [3.05, 3.63) is 0 Å². The summed E-state index contributed by atoms with van der Waals surface area (Å²) in [5.41, 5.74) is 0. The van der Waals surface area contributed by atoms with Crippen LogP contribution in [0.15, 0.2) is 0 Å². The van der Waals surface area contributed by atoms with E-state index in [0.29, 0.717) is 13.0 Å². The van der Waals surface area contributed by atoms with Gasteiger partial charge in [0.2, 0.25) is 0 Å². The van der Waals surface area contributed by atoms with E-state index >= 15 is 0 Å². The van der Waals surface area contributed by atoms with Gasteiger partial charge in [0.1, 0.15) is 0 Å². The average molecular weight is 408 g/mol. The second kappa shape index (κ2) is 16.8. The molecule has 0 aromatic carbocycles. The molecule has 0 spiro atoms. The fourth-order valence-electron chi connectivity index (χ4n) is 3.55. The van der Waals surface area contributed by atoms with Crippen molar-refractivity contribution in [1.29, 1.82) is 0 Å². The minimum Gasteiger partial charge on any atom is -0.748 e. The molecule has 0 bridgehead atoms. The van der Waals surface area contributed by atoms with Gasteiger partial charge in [0.25, 0.3) is 0 Å². The molecule has 1 N–H and O–H groups in total. The predicted molar refractivity (Wildman–Crippen MR) is 113 cm³/mol. The maximum Gasteiger partial charge on any atom is 0.0948 e. The van der Waals surface area contributed by atoms with Crippen molar-refractivity contribution in [2.75, 3.05) is 39.5 Å². The van der Waals surface area contributed by atoms with E-state index in [4.69, 9.17) is 5.11 Å². The van der Waals surface area contributed by atoms with Gasteiger partial charge in [-0.2, -0.15) is 0 Å². The third kappa shape index (κ3) is 22.0. The Hall–Kier alpha value is -0.170. The lowest BCUT2D eigenvalue weighted by Gasteiger charge is -2.30. The van der Waals surface area contributed by atoms with E-state index < -0.39 is 10.1 Å². The Morgan fingerprint density at radius 1 is 0.630 bits per heavy atom. The fraction of sp³-hybridized carbons (Fsp3) is 1.00. The molecule has 0 saturated heterocycles. The molecule has 0 aliphatic heterocycles. The second-order valence-corrected chi connectivity index (χ2v) is 10.2. The molecular formula is C21H45NO4S. The second-order valence-electron chi connectivity index (χ2n) is 8.67. The third-order valence-electron chi connectivity index (χ3n) is 5.33. The van der Waals surface area contributed by atoms with E-state index in [2.05, 4.69) is 14.1 Å². The normalized spacial score (nSPS) is 12.6. The first kappa shape index (κ1) is 26.8. The molecule has 0 atom stereocenters. The highest BCUT2D eigenvalue weighted by Gasteiger charge is 2.14. The lowest BCUT2D eigenvalue weighted by atomic mass is 10.0. The summed E-state index contributed by atoms with van der Waals surface area (Å²) in [6.45, 7) is 2.14. The van der Waals surface area contributed by atoms with Crippen molar-refractivity contribution in [3.8, 4) is 0 Å². The summed E-state index contributed by atoms with van der Waals surface area (Å²) in [7, 11) is 0.165. The van der Waals surface area contributed by atoms with Gasteiger partial charge in [-0.05, 0) is 19.3 Å². The summed E-state index contributed by atoms with van der Waals surface area (Å²) in [4.78, 5) is 0. The summed E-state index contributed by atoms with van der Waals surface area (Å²) in [5.74, 6) is -0.238. The van der Waals surface area contributed by atoms with Gasteiger partial charge in [0.05, 0.1) is 37.3 Å². The number of unbranched alkanes of at least 4 members (excludes halogenated alkanes) is 13. The quantitative estimate of drug-likeness (QED) is 0.184. The molecule has 0 radical (unpaired) electrons. The fourth-order valence-corrected chi connectivity index (χ4v) is 4.04. The van der Waals surface area contributed by atoms with E-state index in [1.165, 1.54) is 83.5 Å². The molecule has 5 nitrogen and oxygen atoms in total. The first-order valence-corrected chi connectivity index (χ1v) is 12.7. The highest BCUT2D eigenvalue weighted by atomic mass is 32.2. The molecule has 6 heteroatoms. The zero-order valence-electron chi connectivity index (χ0n) is 18.0. The van der Waals surface area contributed by atoms with Crippen LogP contribution in [0.4, 0.5) is 0 Å². The van der Waals surface area contributed by atoms with Crippen molar-refractivity contribution in [2.45, 2.75) is 96.3 Å². The maximum absolute atomic E-state index is 10.7.